The van der Waals surface area contributed by atoms with Crippen molar-refractivity contribution in [1.82, 2.24) is 20.1 Å². The molecule has 2 atom stereocenters. The number of anilines is 1. The number of amidine groups is 1. The van der Waals surface area contributed by atoms with Crippen molar-refractivity contribution in [3.05, 3.63) is 91.5 Å². The number of fused-ring (bicyclic) bond motifs is 1. The molecule has 0 spiro atoms. The van der Waals surface area contributed by atoms with Crippen molar-refractivity contribution in [3.63, 3.8) is 0 Å². The molecule has 0 saturated carbocycles. The van der Waals surface area contributed by atoms with E-state index in [1.807, 2.05) is 34.5 Å². The number of thiazole rings is 1. The Labute approximate surface area is 273 Å². The smallest absolute Gasteiger partial charge is 0.338 e. The lowest BCUT2D eigenvalue weighted by Crippen LogP contribution is -2.53. The fraction of sp³-hybridized carbons (Fsp3) is 0.323. The maximum Gasteiger partial charge on any atom is 0.338 e. The Hall–Kier alpha value is -3.97. The van der Waals surface area contributed by atoms with E-state index in [4.69, 9.17) is 38.0 Å². The molecule has 4 heterocycles. The van der Waals surface area contributed by atoms with Crippen molar-refractivity contribution in [1.29, 1.82) is 0 Å². The van der Waals surface area contributed by atoms with E-state index in [-0.39, 0.29) is 18.5 Å². The van der Waals surface area contributed by atoms with E-state index >= 15 is 0 Å². The second-order valence-corrected chi connectivity index (χ2v) is 12.7. The van der Waals surface area contributed by atoms with E-state index in [0.717, 1.165) is 11.3 Å². The molecule has 3 aliphatic rings. The predicted molar refractivity (Wildman–Crippen MR) is 172 cm³/mol. The largest absolute Gasteiger partial charge is 0.481 e. The molecule has 3 aliphatic heterocycles. The number of hydrogen-bond acceptors (Lipinski definition) is 9. The molecule has 11 nitrogen and oxygen atoms in total. The first kappa shape index (κ1) is 31.0. The number of piperazine rings is 1. The zero-order chi connectivity index (χ0) is 31.7. The molecule has 2 fully saturated rings. The standard InChI is InChI=1S/C31H30Cl2N6O5S/c1-44-30(42)26-24(35-28(29-34-10-13-45-29)36-27(26)22-8-5-19(32)14-23(22)33)17-37-11-12-38-21(15-37)16-39(31(38)43)20-6-2-18(3-7-20)4-9-25(40)41/h2-3,5-8,10,13-14,21,27H,4,9,11-12,15-17H2,1H3,(H,35,36)(H,40,41)/t21-,27-/m0/s1. The topological polar surface area (TPSA) is 128 Å². The molecule has 1 aromatic heterocycles. The van der Waals surface area contributed by atoms with Gasteiger partial charge in [-0.2, -0.15) is 0 Å². The van der Waals surface area contributed by atoms with Crippen LogP contribution in [0.1, 0.15) is 28.6 Å². The number of nitrogens with zero attached hydrogens (tertiary/aromatic N) is 5. The van der Waals surface area contributed by atoms with Crippen molar-refractivity contribution in [2.45, 2.75) is 24.9 Å². The number of carbonyl (C=O) groups is 3. The second-order valence-electron chi connectivity index (χ2n) is 10.9. The fourth-order valence-electron chi connectivity index (χ4n) is 5.92. The molecule has 2 aromatic carbocycles. The van der Waals surface area contributed by atoms with Crippen molar-refractivity contribution in [2.24, 2.45) is 4.99 Å². The predicted octanol–water partition coefficient (Wildman–Crippen LogP) is 4.61. The molecule has 14 heteroatoms. The van der Waals surface area contributed by atoms with Crippen LogP contribution >= 0.6 is 34.5 Å². The summed E-state index contributed by atoms with van der Waals surface area (Å²) in [4.78, 5) is 52.8. The second kappa shape index (κ2) is 13.2. The molecule has 2 amide bonds. The van der Waals surface area contributed by atoms with Gasteiger partial charge in [0.25, 0.3) is 0 Å². The lowest BCUT2D eigenvalue weighted by molar-refractivity contribution is -0.137. The van der Waals surface area contributed by atoms with E-state index in [2.05, 4.69) is 15.2 Å². The van der Waals surface area contributed by atoms with Gasteiger partial charge in [0.2, 0.25) is 0 Å². The van der Waals surface area contributed by atoms with Crippen molar-refractivity contribution in [3.8, 4) is 0 Å². The summed E-state index contributed by atoms with van der Waals surface area (Å²) in [5, 5.41) is 15.7. The number of carbonyl (C=O) groups excluding carboxylic acids is 2. The minimum absolute atomic E-state index is 0.0566. The highest BCUT2D eigenvalue weighted by Gasteiger charge is 2.42. The summed E-state index contributed by atoms with van der Waals surface area (Å²) in [6.45, 7) is 2.61. The maximum absolute atomic E-state index is 13.4. The number of rotatable bonds is 9. The van der Waals surface area contributed by atoms with Crippen LogP contribution in [0.25, 0.3) is 0 Å². The number of ether oxygens (including phenoxy) is 1. The third-order valence-electron chi connectivity index (χ3n) is 8.12. The number of aliphatic carboxylic acids is 1. The van der Waals surface area contributed by atoms with Gasteiger partial charge in [-0.05, 0) is 36.2 Å². The molecule has 0 aliphatic carbocycles. The van der Waals surface area contributed by atoms with Gasteiger partial charge in [0.05, 0.1) is 18.7 Å². The summed E-state index contributed by atoms with van der Waals surface area (Å²) in [6, 6.07) is 11.7. The van der Waals surface area contributed by atoms with Gasteiger partial charge in [-0.1, -0.05) is 41.4 Å². The number of benzene rings is 2. The SMILES string of the molecule is COC(=O)C1=C(CN2CCN3C(=O)N(c4ccc(CCC(=O)O)cc4)C[C@@H]3C2)NC(c2nccs2)=N[C@H]1c1ccc(Cl)cc1Cl. The zero-order valence-corrected chi connectivity index (χ0v) is 26.6. The van der Waals surface area contributed by atoms with Gasteiger partial charge in [0, 0.05) is 77.7 Å². The van der Waals surface area contributed by atoms with E-state index in [9.17, 15) is 14.4 Å². The number of nitrogens with one attached hydrogen (secondary N) is 1. The Morgan fingerprint density at radius 2 is 1.93 bits per heavy atom. The molecule has 0 bridgehead atoms. The number of halogens is 2. The summed E-state index contributed by atoms with van der Waals surface area (Å²) < 4.78 is 5.24. The third-order valence-corrected chi connectivity index (χ3v) is 9.46. The number of carboxylic acid groups (broad SMARTS) is 1. The molecule has 234 valence electrons. The molecule has 6 rings (SSSR count). The van der Waals surface area contributed by atoms with E-state index < -0.39 is 18.0 Å². The van der Waals surface area contributed by atoms with E-state index in [1.54, 1.807) is 29.3 Å². The Balaban J connectivity index is 1.24. The van der Waals surface area contributed by atoms with Gasteiger partial charge in [-0.15, -0.1) is 11.3 Å². The van der Waals surface area contributed by atoms with E-state index in [1.165, 1.54) is 18.4 Å². The van der Waals surface area contributed by atoms with E-state index in [0.29, 0.717) is 76.9 Å². The zero-order valence-electron chi connectivity index (χ0n) is 24.3. The first-order valence-corrected chi connectivity index (χ1v) is 16.0. The average molecular weight is 670 g/mol. The molecule has 45 heavy (non-hydrogen) atoms. The third kappa shape index (κ3) is 6.55. The van der Waals surface area contributed by atoms with Crippen LogP contribution < -0.4 is 10.2 Å². The molecular weight excluding hydrogens is 639 g/mol. The molecule has 0 unspecified atom stereocenters. The highest BCUT2D eigenvalue weighted by atomic mass is 35.5. The number of amides is 2. The van der Waals surface area contributed by atoms with Crippen LogP contribution in [-0.4, -0.2) is 89.6 Å². The molecule has 2 N–H and O–H groups in total. The summed E-state index contributed by atoms with van der Waals surface area (Å²) >= 11 is 14.2. The summed E-state index contributed by atoms with van der Waals surface area (Å²) in [5.74, 6) is -0.844. The number of hydrogen-bond donors (Lipinski definition) is 2. The molecule has 2 saturated heterocycles. The Morgan fingerprint density at radius 1 is 1.13 bits per heavy atom. The number of methoxy groups -OCH3 is 1. The van der Waals surface area contributed by atoms with Crippen LogP contribution in [0.3, 0.4) is 0 Å². The molecular formula is C31H30Cl2N6O5S. The minimum atomic E-state index is -0.843. The number of urea groups is 1. The maximum atomic E-state index is 13.4. The van der Waals surface area contributed by atoms with Gasteiger partial charge in [0.15, 0.2) is 10.8 Å². The monoisotopic (exact) mass is 668 g/mol. The Bertz CT molecular complexity index is 1680. The first-order valence-electron chi connectivity index (χ1n) is 14.3. The minimum Gasteiger partial charge on any atom is -0.481 e. The van der Waals surface area contributed by atoms with Crippen molar-refractivity contribution < 1.29 is 24.2 Å². The molecule has 3 aromatic rings. The number of aliphatic imine (C=N–C) groups is 1. The fourth-order valence-corrected chi connectivity index (χ4v) is 7.02. The Kier molecular flexibility index (Phi) is 9.09. The van der Waals surface area contributed by atoms with Crippen LogP contribution in [0.15, 0.2) is 70.3 Å². The number of aromatic nitrogens is 1. The molecule has 0 radical (unpaired) electrons. The lowest BCUT2D eigenvalue weighted by atomic mass is 9.95. The number of esters is 1. The summed E-state index contributed by atoms with van der Waals surface area (Å²) in [5.41, 5.74) is 3.27. The highest BCUT2D eigenvalue weighted by Crippen LogP contribution is 2.38. The quantitative estimate of drug-likeness (QED) is 0.317. The van der Waals surface area contributed by atoms with Crippen LogP contribution in [0.4, 0.5) is 10.5 Å². The van der Waals surface area contributed by atoms with Crippen LogP contribution in [0.2, 0.25) is 10.0 Å². The van der Waals surface area contributed by atoms with Crippen LogP contribution in [0.5, 0.6) is 0 Å². The Morgan fingerprint density at radius 3 is 2.62 bits per heavy atom. The number of carboxylic acids is 1. The van der Waals surface area contributed by atoms with Crippen LogP contribution in [0, 0.1) is 0 Å². The highest BCUT2D eigenvalue weighted by molar-refractivity contribution is 7.11. The van der Waals surface area contributed by atoms with Gasteiger partial charge in [-0.25, -0.2) is 14.6 Å². The average Bonchev–Trinajstić information content (AvgIpc) is 3.68. The van der Waals surface area contributed by atoms with Gasteiger partial charge in [0.1, 0.15) is 6.04 Å². The summed E-state index contributed by atoms with van der Waals surface area (Å²) in [6.07, 6.45) is 2.19. The van der Waals surface area contributed by atoms with Gasteiger partial charge < -0.3 is 20.1 Å². The first-order chi connectivity index (χ1) is 21.7. The summed E-state index contributed by atoms with van der Waals surface area (Å²) in [7, 11) is 1.34. The normalized spacial score (nSPS) is 20.2. The van der Waals surface area contributed by atoms with Crippen molar-refractivity contribution in [2.75, 3.05) is 44.7 Å². The van der Waals surface area contributed by atoms with Gasteiger partial charge >= 0.3 is 18.0 Å². The number of aryl methyl sites for hydroxylation is 1. The lowest BCUT2D eigenvalue weighted by Gasteiger charge is -2.38. The van der Waals surface area contributed by atoms with Crippen molar-refractivity contribution >= 4 is 64.0 Å². The van der Waals surface area contributed by atoms with Gasteiger partial charge in [-0.3, -0.25) is 19.6 Å². The van der Waals surface area contributed by atoms with Crippen LogP contribution in [-0.2, 0) is 20.7 Å².